The molecule has 0 atom stereocenters. The van der Waals surface area contributed by atoms with Crippen LogP contribution in [0.5, 0.6) is 0 Å². The van der Waals surface area contributed by atoms with Crippen LogP contribution in [0.1, 0.15) is 31.2 Å². The van der Waals surface area contributed by atoms with Crippen LogP contribution in [0, 0.1) is 6.92 Å². The van der Waals surface area contributed by atoms with Crippen LogP contribution in [0.15, 0.2) is 11.2 Å². The molecular weight excluding hydrogens is 390 g/mol. The highest BCUT2D eigenvalue weighted by molar-refractivity contribution is 8.77. The van der Waals surface area contributed by atoms with Gasteiger partial charge in [-0.3, -0.25) is 0 Å². The minimum absolute atomic E-state index is 0.302. The van der Waals surface area contributed by atoms with E-state index in [0.29, 0.717) is 11.1 Å². The third-order valence-corrected chi connectivity index (χ3v) is 7.72. The molecule has 0 unspecified atom stereocenters. The second-order valence-corrected chi connectivity index (χ2v) is 10.4. The van der Waals surface area contributed by atoms with Crippen LogP contribution in [0.2, 0.25) is 0 Å². The van der Waals surface area contributed by atoms with E-state index in [1.807, 2.05) is 13.0 Å². The lowest BCUT2D eigenvalue weighted by Gasteiger charge is -2.25. The fourth-order valence-electron chi connectivity index (χ4n) is 1.03. The summed E-state index contributed by atoms with van der Waals surface area (Å²) in [6.45, 7) is 6.00. The molecule has 0 aliphatic heterocycles. The monoisotopic (exact) mass is 398 g/mol. The van der Waals surface area contributed by atoms with Gasteiger partial charge in [-0.1, -0.05) is 71.9 Å². The van der Waals surface area contributed by atoms with Crippen LogP contribution in [0.3, 0.4) is 0 Å². The molecule has 0 radical (unpaired) electrons. The van der Waals surface area contributed by atoms with E-state index in [4.69, 9.17) is 58.0 Å². The summed E-state index contributed by atoms with van der Waals surface area (Å²) in [5, 5.41) is 0.536. The van der Waals surface area contributed by atoms with Crippen molar-refractivity contribution >= 4 is 79.6 Å². The van der Waals surface area contributed by atoms with Crippen molar-refractivity contribution in [3.63, 3.8) is 0 Å². The molecule has 0 fully saturated rings. The first-order valence-corrected chi connectivity index (χ1v) is 9.22. The summed E-state index contributed by atoms with van der Waals surface area (Å²) < 4.78 is -3.40. The zero-order valence-electron chi connectivity index (χ0n) is 10.3. The number of alkyl halides is 5. The summed E-state index contributed by atoms with van der Waals surface area (Å²) >= 11 is 29.0. The minimum atomic E-state index is -1.81. The second-order valence-electron chi connectivity index (χ2n) is 4.05. The fraction of sp³-hybridized carbons (Fsp3) is 0.600. The van der Waals surface area contributed by atoms with Gasteiger partial charge in [0.2, 0.25) is 7.46 Å². The third kappa shape index (κ3) is 5.50. The average molecular weight is 401 g/mol. The Labute approximate surface area is 145 Å². The molecule has 0 aliphatic carbocycles. The highest BCUT2D eigenvalue weighted by atomic mass is 35.6. The predicted molar refractivity (Wildman–Crippen MR) is 89.0 cm³/mol. The first-order chi connectivity index (χ1) is 8.53. The van der Waals surface area contributed by atoms with Gasteiger partial charge in [-0.05, 0) is 40.5 Å². The van der Waals surface area contributed by atoms with Crippen molar-refractivity contribution in [3.05, 3.63) is 17.5 Å². The van der Waals surface area contributed by atoms with Crippen LogP contribution in [-0.4, -0.2) is 17.4 Å². The highest BCUT2D eigenvalue weighted by Gasteiger charge is 2.47. The lowest BCUT2D eigenvalue weighted by atomic mass is 10.1. The van der Waals surface area contributed by atoms with Gasteiger partial charge in [0.25, 0.3) is 0 Å². The van der Waals surface area contributed by atoms with Crippen LogP contribution < -0.4 is 0 Å². The summed E-state index contributed by atoms with van der Waals surface area (Å²) in [7, 11) is 2.17. The maximum atomic E-state index is 5.96. The van der Waals surface area contributed by atoms with Crippen molar-refractivity contribution < 1.29 is 0 Å². The Bertz CT molecular complexity index is 448. The Morgan fingerprint density at radius 3 is 2.16 bits per heavy atom. The molecule has 19 heavy (non-hydrogen) atoms. The van der Waals surface area contributed by atoms with Crippen LogP contribution in [0.4, 0.5) is 0 Å². The van der Waals surface area contributed by atoms with Crippen LogP contribution in [-0.2, 0) is 0 Å². The van der Waals surface area contributed by atoms with Crippen molar-refractivity contribution in [2.24, 2.45) is 0 Å². The Morgan fingerprint density at radius 2 is 1.68 bits per heavy atom. The number of nitrogens with zero attached hydrogens (tertiary/aromatic N) is 2. The Morgan fingerprint density at radius 1 is 1.11 bits per heavy atom. The van der Waals surface area contributed by atoms with Gasteiger partial charge in [0.05, 0.1) is 0 Å². The fourth-order valence-corrected chi connectivity index (χ4v) is 4.09. The molecule has 1 rings (SSSR count). The number of aromatic nitrogens is 2. The highest BCUT2D eigenvalue weighted by Crippen LogP contribution is 2.57. The molecule has 0 aliphatic rings. The predicted octanol–water partition coefficient (Wildman–Crippen LogP) is 6.15. The first kappa shape index (κ1) is 18.3. The van der Waals surface area contributed by atoms with Gasteiger partial charge >= 0.3 is 0 Å². The topological polar surface area (TPSA) is 25.8 Å². The summed E-state index contributed by atoms with van der Waals surface area (Å²) in [4.78, 5) is 8.69. The van der Waals surface area contributed by atoms with Gasteiger partial charge in [-0.25, -0.2) is 9.97 Å². The van der Waals surface area contributed by atoms with Crippen molar-refractivity contribution in [2.75, 3.05) is 0 Å². The van der Waals surface area contributed by atoms with Crippen molar-refractivity contribution in [3.8, 4) is 0 Å². The normalized spacial score (nSPS) is 13.1. The van der Waals surface area contributed by atoms with Crippen molar-refractivity contribution in [1.82, 2.24) is 9.97 Å². The Kier molecular flexibility index (Phi) is 6.73. The van der Waals surface area contributed by atoms with Gasteiger partial charge in [0.15, 0.2) is 5.16 Å². The molecule has 0 bridgehead atoms. The molecule has 0 N–H and O–H groups in total. The number of hydrogen-bond donors (Lipinski definition) is 0. The average Bonchev–Trinajstić information content (AvgIpc) is 2.24. The quantitative estimate of drug-likeness (QED) is 0.344. The Balaban J connectivity index is 2.84. The minimum Gasteiger partial charge on any atom is -0.227 e. The van der Waals surface area contributed by atoms with Gasteiger partial charge in [0.1, 0.15) is 0 Å². The van der Waals surface area contributed by atoms with E-state index in [9.17, 15) is 0 Å². The first-order valence-electron chi connectivity index (χ1n) is 5.18. The standard InChI is InChI=1S/C10H11Cl5N2S2/c1-5(2)7-4-6(3)16-8(17-7)18-19-10(14,15)9(11,12)13/h4-5H,1-3H3. The molecule has 2 nitrogen and oxygen atoms in total. The van der Waals surface area contributed by atoms with Gasteiger partial charge in [-0.15, -0.1) is 0 Å². The van der Waals surface area contributed by atoms with E-state index in [2.05, 4.69) is 23.8 Å². The van der Waals surface area contributed by atoms with Crippen LogP contribution in [0.25, 0.3) is 0 Å². The molecule has 0 saturated heterocycles. The largest absolute Gasteiger partial charge is 0.233 e. The van der Waals surface area contributed by atoms with E-state index in [1.54, 1.807) is 0 Å². The molecule has 0 saturated carbocycles. The maximum Gasteiger partial charge on any atom is 0.233 e. The molecule has 0 aromatic carbocycles. The molecule has 1 heterocycles. The molecule has 0 spiro atoms. The van der Waals surface area contributed by atoms with E-state index < -0.39 is 7.46 Å². The van der Waals surface area contributed by atoms with E-state index >= 15 is 0 Å². The van der Waals surface area contributed by atoms with E-state index in [-0.39, 0.29) is 0 Å². The van der Waals surface area contributed by atoms with Gasteiger partial charge in [-0.2, -0.15) is 0 Å². The molecule has 1 aromatic rings. The molecule has 9 heteroatoms. The van der Waals surface area contributed by atoms with E-state index in [0.717, 1.165) is 22.2 Å². The summed E-state index contributed by atoms with van der Waals surface area (Å²) in [6.07, 6.45) is 0. The number of halogens is 5. The lowest BCUT2D eigenvalue weighted by molar-refractivity contribution is 0.771. The molecule has 0 amide bonds. The van der Waals surface area contributed by atoms with Crippen molar-refractivity contribution in [1.29, 1.82) is 0 Å². The Hall–Kier alpha value is 1.23. The number of rotatable bonds is 4. The zero-order chi connectivity index (χ0) is 14.8. The SMILES string of the molecule is Cc1cc(C(C)C)nc(SSC(Cl)(Cl)C(Cl)(Cl)Cl)n1. The van der Waals surface area contributed by atoms with Gasteiger partial charge in [0, 0.05) is 11.4 Å². The maximum absolute atomic E-state index is 5.96. The summed E-state index contributed by atoms with van der Waals surface area (Å²) in [5.74, 6) is 0.302. The lowest BCUT2D eigenvalue weighted by Crippen LogP contribution is -2.26. The number of hydrogen-bond acceptors (Lipinski definition) is 4. The molecular formula is C10H11Cl5N2S2. The third-order valence-electron chi connectivity index (χ3n) is 2.00. The number of aryl methyl sites for hydroxylation is 1. The zero-order valence-corrected chi connectivity index (χ0v) is 15.7. The van der Waals surface area contributed by atoms with E-state index in [1.165, 1.54) is 10.8 Å². The summed E-state index contributed by atoms with van der Waals surface area (Å²) in [6, 6.07) is 1.93. The van der Waals surface area contributed by atoms with Gasteiger partial charge < -0.3 is 0 Å². The molecule has 1 aromatic heterocycles. The molecule has 108 valence electrons. The summed E-state index contributed by atoms with van der Waals surface area (Å²) in [5.41, 5.74) is 1.81. The van der Waals surface area contributed by atoms with Crippen LogP contribution >= 0.6 is 79.6 Å². The van der Waals surface area contributed by atoms with Crippen molar-refractivity contribution in [2.45, 2.75) is 39.3 Å². The smallest absolute Gasteiger partial charge is 0.227 e. The second kappa shape index (κ2) is 6.99.